The molecule has 154 valence electrons. The van der Waals surface area contributed by atoms with Crippen LogP contribution in [0.2, 0.25) is 0 Å². The summed E-state index contributed by atoms with van der Waals surface area (Å²) in [6.07, 6.45) is 0.177. The average Bonchev–Trinajstić information content (AvgIpc) is 2.74. The molecular formula is C20H30N4O4. The predicted molar refractivity (Wildman–Crippen MR) is 108 cm³/mol. The highest BCUT2D eigenvalue weighted by Gasteiger charge is 2.22. The van der Waals surface area contributed by atoms with Gasteiger partial charge in [0.2, 0.25) is 5.91 Å². The molecule has 0 saturated carbocycles. The Balaban J connectivity index is 1.45. The van der Waals surface area contributed by atoms with E-state index < -0.39 is 0 Å². The lowest BCUT2D eigenvalue weighted by atomic mass is 10.2. The first kappa shape index (κ1) is 20.4. The first-order valence-electron chi connectivity index (χ1n) is 10.0. The lowest BCUT2D eigenvalue weighted by Gasteiger charge is -2.34. The molecule has 28 heavy (non-hydrogen) atoms. The van der Waals surface area contributed by atoms with Gasteiger partial charge in [-0.1, -0.05) is 12.1 Å². The summed E-state index contributed by atoms with van der Waals surface area (Å²) < 4.78 is 10.5. The van der Waals surface area contributed by atoms with Crippen molar-refractivity contribution in [1.82, 2.24) is 9.80 Å². The molecule has 2 heterocycles. The normalized spacial score (nSPS) is 18.0. The lowest BCUT2D eigenvalue weighted by molar-refractivity contribution is -0.116. The molecule has 0 spiro atoms. The zero-order valence-corrected chi connectivity index (χ0v) is 16.6. The number of carbonyl (C=O) groups excluding carboxylic acids is 2. The number of benzene rings is 1. The highest BCUT2D eigenvalue weighted by Crippen LogP contribution is 2.26. The van der Waals surface area contributed by atoms with Crippen LogP contribution >= 0.6 is 0 Å². The Morgan fingerprint density at radius 1 is 1.07 bits per heavy atom. The van der Waals surface area contributed by atoms with Crippen LogP contribution in [0.4, 0.5) is 16.2 Å². The van der Waals surface area contributed by atoms with Gasteiger partial charge in [0.1, 0.15) is 0 Å². The Kier molecular flexibility index (Phi) is 7.50. The molecule has 8 heteroatoms. The molecule has 2 saturated heterocycles. The largest absolute Gasteiger partial charge is 0.450 e. The molecule has 3 rings (SSSR count). The van der Waals surface area contributed by atoms with E-state index in [1.165, 1.54) is 0 Å². The number of amides is 2. The van der Waals surface area contributed by atoms with Gasteiger partial charge >= 0.3 is 6.09 Å². The number of para-hydroxylation sites is 2. The third-order valence-electron chi connectivity index (χ3n) is 5.08. The van der Waals surface area contributed by atoms with Crippen LogP contribution in [0.1, 0.15) is 13.3 Å². The van der Waals surface area contributed by atoms with Gasteiger partial charge in [0, 0.05) is 52.2 Å². The number of hydrogen-bond acceptors (Lipinski definition) is 6. The fraction of sp³-hybridized carbons (Fsp3) is 0.600. The van der Waals surface area contributed by atoms with Gasteiger partial charge in [0.05, 0.1) is 31.2 Å². The summed E-state index contributed by atoms with van der Waals surface area (Å²) in [6, 6.07) is 7.91. The third-order valence-corrected chi connectivity index (χ3v) is 5.08. The van der Waals surface area contributed by atoms with Gasteiger partial charge in [-0.05, 0) is 19.1 Å². The minimum absolute atomic E-state index is 0.00790. The number of morpholine rings is 1. The molecule has 1 N–H and O–H groups in total. The molecule has 2 amide bonds. The molecule has 8 nitrogen and oxygen atoms in total. The molecule has 2 aliphatic heterocycles. The minimum Gasteiger partial charge on any atom is -0.450 e. The second-order valence-electron chi connectivity index (χ2n) is 6.94. The number of rotatable bonds is 6. The fourth-order valence-corrected chi connectivity index (χ4v) is 3.50. The van der Waals surface area contributed by atoms with Crippen molar-refractivity contribution in [1.29, 1.82) is 0 Å². The standard InChI is InChI=1S/C20H30N4O4/c1-2-28-20(26)24-11-9-22(10-12-24)8-7-19(25)21-17-5-3-4-6-18(17)23-13-15-27-16-14-23/h3-6H,2,7-16H2,1H3,(H,21,25). The first-order valence-corrected chi connectivity index (χ1v) is 10.0. The zero-order chi connectivity index (χ0) is 19.8. The van der Waals surface area contributed by atoms with Gasteiger partial charge in [0.15, 0.2) is 0 Å². The van der Waals surface area contributed by atoms with Gasteiger partial charge < -0.3 is 24.6 Å². The van der Waals surface area contributed by atoms with Crippen LogP contribution < -0.4 is 10.2 Å². The van der Waals surface area contributed by atoms with E-state index in [-0.39, 0.29) is 12.0 Å². The molecule has 0 unspecified atom stereocenters. The molecule has 1 aromatic rings. The molecule has 0 aliphatic carbocycles. The molecule has 0 aromatic heterocycles. The second kappa shape index (κ2) is 10.3. The third kappa shape index (κ3) is 5.59. The number of hydrogen-bond donors (Lipinski definition) is 1. The molecule has 0 atom stereocenters. The first-order chi connectivity index (χ1) is 13.7. The van der Waals surface area contributed by atoms with Crippen LogP contribution in [0.3, 0.4) is 0 Å². The summed E-state index contributed by atoms with van der Waals surface area (Å²) in [6.45, 7) is 8.76. The second-order valence-corrected chi connectivity index (χ2v) is 6.94. The number of nitrogens with zero attached hydrogens (tertiary/aromatic N) is 3. The van der Waals surface area contributed by atoms with Crippen molar-refractivity contribution in [3.8, 4) is 0 Å². The van der Waals surface area contributed by atoms with Gasteiger partial charge in [-0.2, -0.15) is 0 Å². The molecule has 0 bridgehead atoms. The number of piperazine rings is 1. The van der Waals surface area contributed by atoms with Crippen LogP contribution in [0.15, 0.2) is 24.3 Å². The van der Waals surface area contributed by atoms with Gasteiger partial charge in [-0.25, -0.2) is 4.79 Å². The Labute approximate surface area is 166 Å². The van der Waals surface area contributed by atoms with E-state index in [1.807, 2.05) is 31.2 Å². The van der Waals surface area contributed by atoms with Crippen molar-refractivity contribution in [3.05, 3.63) is 24.3 Å². The maximum atomic E-state index is 12.5. The van der Waals surface area contributed by atoms with E-state index in [0.29, 0.717) is 45.9 Å². The topological polar surface area (TPSA) is 74.4 Å². The van der Waals surface area contributed by atoms with E-state index in [4.69, 9.17) is 9.47 Å². The van der Waals surface area contributed by atoms with E-state index in [0.717, 1.165) is 37.6 Å². The number of carbonyl (C=O) groups is 2. The average molecular weight is 390 g/mol. The summed E-state index contributed by atoms with van der Waals surface area (Å²) in [5.41, 5.74) is 1.89. The van der Waals surface area contributed by atoms with E-state index >= 15 is 0 Å². The maximum Gasteiger partial charge on any atom is 0.409 e. The van der Waals surface area contributed by atoms with Crippen LogP contribution in [-0.4, -0.2) is 87.4 Å². The molecule has 2 fully saturated rings. The summed E-state index contributed by atoms with van der Waals surface area (Å²) >= 11 is 0. The Bertz CT molecular complexity index is 655. The molecule has 2 aliphatic rings. The minimum atomic E-state index is -0.250. The molecule has 1 aromatic carbocycles. The van der Waals surface area contributed by atoms with E-state index in [2.05, 4.69) is 15.1 Å². The van der Waals surface area contributed by atoms with Crippen molar-refractivity contribution < 1.29 is 19.1 Å². The summed E-state index contributed by atoms with van der Waals surface area (Å²) in [4.78, 5) is 30.4. The maximum absolute atomic E-state index is 12.5. The highest BCUT2D eigenvalue weighted by atomic mass is 16.6. The van der Waals surface area contributed by atoms with Crippen molar-refractivity contribution in [2.45, 2.75) is 13.3 Å². The van der Waals surface area contributed by atoms with Gasteiger partial charge in [0.25, 0.3) is 0 Å². The van der Waals surface area contributed by atoms with E-state index in [9.17, 15) is 9.59 Å². The lowest BCUT2D eigenvalue weighted by Crippen LogP contribution is -2.49. The predicted octanol–water partition coefficient (Wildman–Crippen LogP) is 1.63. The summed E-state index contributed by atoms with van der Waals surface area (Å²) in [5, 5.41) is 3.06. The quantitative estimate of drug-likeness (QED) is 0.796. The molecule has 0 radical (unpaired) electrons. The van der Waals surface area contributed by atoms with E-state index in [1.54, 1.807) is 4.90 Å². The summed E-state index contributed by atoms with van der Waals surface area (Å²) in [7, 11) is 0. The van der Waals surface area contributed by atoms with Crippen molar-refractivity contribution >= 4 is 23.4 Å². The van der Waals surface area contributed by atoms with Gasteiger partial charge in [-0.3, -0.25) is 9.69 Å². The number of anilines is 2. The number of ether oxygens (including phenoxy) is 2. The van der Waals surface area contributed by atoms with Crippen LogP contribution in [-0.2, 0) is 14.3 Å². The highest BCUT2D eigenvalue weighted by molar-refractivity contribution is 5.94. The smallest absolute Gasteiger partial charge is 0.409 e. The Morgan fingerprint density at radius 2 is 1.79 bits per heavy atom. The monoisotopic (exact) mass is 390 g/mol. The SMILES string of the molecule is CCOC(=O)N1CCN(CCC(=O)Nc2ccccc2N2CCOCC2)CC1. The molecular weight excluding hydrogens is 360 g/mol. The fourth-order valence-electron chi connectivity index (χ4n) is 3.50. The van der Waals surface area contributed by atoms with Crippen LogP contribution in [0.25, 0.3) is 0 Å². The Morgan fingerprint density at radius 3 is 2.50 bits per heavy atom. The Hall–Kier alpha value is -2.32. The van der Waals surface area contributed by atoms with Crippen molar-refractivity contribution in [2.24, 2.45) is 0 Å². The van der Waals surface area contributed by atoms with Crippen LogP contribution in [0.5, 0.6) is 0 Å². The number of nitrogens with one attached hydrogen (secondary N) is 1. The van der Waals surface area contributed by atoms with Crippen molar-refractivity contribution in [2.75, 3.05) is 75.9 Å². The van der Waals surface area contributed by atoms with Crippen LogP contribution in [0, 0.1) is 0 Å². The summed E-state index contributed by atoms with van der Waals surface area (Å²) in [5.74, 6) is 0.00790. The zero-order valence-electron chi connectivity index (χ0n) is 16.6. The van der Waals surface area contributed by atoms with Crippen molar-refractivity contribution in [3.63, 3.8) is 0 Å². The van der Waals surface area contributed by atoms with Gasteiger partial charge in [-0.15, -0.1) is 0 Å².